The lowest BCUT2D eigenvalue weighted by atomic mass is 9.83. The van der Waals surface area contributed by atoms with Crippen molar-refractivity contribution in [1.82, 2.24) is 20.4 Å². The highest BCUT2D eigenvalue weighted by Gasteiger charge is 2.33. The average Bonchev–Trinajstić information content (AvgIpc) is 3.21. The van der Waals surface area contributed by atoms with Crippen LogP contribution in [0, 0.1) is 5.41 Å². The summed E-state index contributed by atoms with van der Waals surface area (Å²) in [6.45, 7) is 3.46. The molecule has 0 unspecified atom stereocenters. The molecule has 1 heterocycles. The summed E-state index contributed by atoms with van der Waals surface area (Å²) >= 11 is 0. The minimum atomic E-state index is 0. The number of halogens is 1. The second-order valence-electron chi connectivity index (χ2n) is 6.07. The number of hydrogen-bond acceptors (Lipinski definition) is 3. The maximum Gasteiger partial charge on any atom is 0.191 e. The van der Waals surface area contributed by atoms with Gasteiger partial charge >= 0.3 is 0 Å². The lowest BCUT2D eigenvalue weighted by molar-refractivity contribution is 0.138. The van der Waals surface area contributed by atoms with Crippen LogP contribution in [0.1, 0.15) is 32.1 Å². The van der Waals surface area contributed by atoms with E-state index in [4.69, 9.17) is 4.74 Å². The first kappa shape index (κ1) is 20.2. The van der Waals surface area contributed by atoms with Crippen LogP contribution in [0.3, 0.4) is 0 Å². The van der Waals surface area contributed by atoms with E-state index in [0.29, 0.717) is 5.41 Å². The van der Waals surface area contributed by atoms with Gasteiger partial charge in [0, 0.05) is 46.2 Å². The van der Waals surface area contributed by atoms with Gasteiger partial charge in [-0.15, -0.1) is 24.0 Å². The number of nitrogens with zero attached hydrogens (tertiary/aromatic N) is 3. The highest BCUT2D eigenvalue weighted by atomic mass is 127. The van der Waals surface area contributed by atoms with E-state index in [1.165, 1.54) is 25.7 Å². The minimum Gasteiger partial charge on any atom is -0.385 e. The normalized spacial score (nSPS) is 16.9. The smallest absolute Gasteiger partial charge is 0.191 e. The van der Waals surface area contributed by atoms with E-state index < -0.39 is 0 Å². The lowest BCUT2D eigenvalue weighted by Crippen LogP contribution is -2.44. The average molecular weight is 435 g/mol. The Morgan fingerprint density at radius 3 is 2.74 bits per heavy atom. The third kappa shape index (κ3) is 6.66. The van der Waals surface area contributed by atoms with Gasteiger partial charge in [0.05, 0.1) is 6.54 Å². The maximum atomic E-state index is 5.28. The van der Waals surface area contributed by atoms with Crippen LogP contribution in [0.5, 0.6) is 0 Å². The van der Waals surface area contributed by atoms with E-state index in [1.807, 2.05) is 24.0 Å². The van der Waals surface area contributed by atoms with Gasteiger partial charge in [0.25, 0.3) is 0 Å². The molecule has 1 aliphatic carbocycles. The van der Waals surface area contributed by atoms with Gasteiger partial charge in [0.2, 0.25) is 0 Å². The molecule has 1 aromatic rings. The summed E-state index contributed by atoms with van der Waals surface area (Å²) in [5.41, 5.74) is 0.371. The monoisotopic (exact) mass is 435 g/mol. The van der Waals surface area contributed by atoms with Crippen LogP contribution >= 0.6 is 24.0 Å². The summed E-state index contributed by atoms with van der Waals surface area (Å²) in [4.78, 5) is 4.31. The molecule has 23 heavy (non-hydrogen) atoms. The molecule has 0 saturated heterocycles. The molecule has 1 aliphatic rings. The molecule has 0 radical (unpaired) electrons. The number of rotatable bonds is 8. The van der Waals surface area contributed by atoms with Crippen molar-refractivity contribution in [3.8, 4) is 0 Å². The first-order valence-corrected chi connectivity index (χ1v) is 8.19. The first-order chi connectivity index (χ1) is 10.8. The van der Waals surface area contributed by atoms with Gasteiger partial charge in [-0.25, -0.2) is 0 Å². The van der Waals surface area contributed by atoms with Crippen molar-refractivity contribution in [1.29, 1.82) is 0 Å². The molecular formula is C16H30IN5O. The molecule has 0 aromatic carbocycles. The number of hydrogen-bond donors (Lipinski definition) is 2. The zero-order valence-corrected chi connectivity index (χ0v) is 16.6. The summed E-state index contributed by atoms with van der Waals surface area (Å²) in [6, 6.07) is 1.94. The highest BCUT2D eigenvalue weighted by molar-refractivity contribution is 14.0. The SMILES string of the molecule is CN=C(NCCn1cccn1)NCC1(CCOC)CCCC1.I. The number of aliphatic imine (C=N–C) groups is 1. The Hall–Kier alpha value is -0.830. The van der Waals surface area contributed by atoms with Crippen molar-refractivity contribution in [2.24, 2.45) is 10.4 Å². The van der Waals surface area contributed by atoms with E-state index in [2.05, 4.69) is 20.7 Å². The molecule has 1 saturated carbocycles. The molecule has 0 spiro atoms. The largest absolute Gasteiger partial charge is 0.385 e. The Morgan fingerprint density at radius 2 is 2.13 bits per heavy atom. The predicted octanol–water partition coefficient (Wildman–Crippen LogP) is 2.26. The maximum absolute atomic E-state index is 5.28. The molecule has 0 aliphatic heterocycles. The summed E-state index contributed by atoms with van der Waals surface area (Å²) in [5, 5.41) is 11.0. The van der Waals surface area contributed by atoms with Crippen molar-refractivity contribution >= 4 is 29.9 Å². The van der Waals surface area contributed by atoms with Crippen molar-refractivity contribution in [2.75, 3.05) is 33.9 Å². The Bertz CT molecular complexity index is 443. The van der Waals surface area contributed by atoms with Gasteiger partial charge in [-0.3, -0.25) is 9.67 Å². The Morgan fingerprint density at radius 1 is 1.35 bits per heavy atom. The molecule has 2 rings (SSSR count). The van der Waals surface area contributed by atoms with Gasteiger partial charge in [0.1, 0.15) is 0 Å². The van der Waals surface area contributed by atoms with Crippen LogP contribution < -0.4 is 10.6 Å². The molecule has 0 amide bonds. The second-order valence-corrected chi connectivity index (χ2v) is 6.07. The predicted molar refractivity (Wildman–Crippen MR) is 104 cm³/mol. The molecule has 6 nitrogen and oxygen atoms in total. The van der Waals surface area contributed by atoms with Crippen LogP contribution in [-0.4, -0.2) is 49.6 Å². The van der Waals surface area contributed by atoms with Crippen molar-refractivity contribution in [3.05, 3.63) is 18.5 Å². The number of ether oxygens (including phenoxy) is 1. The van der Waals surface area contributed by atoms with E-state index in [0.717, 1.165) is 38.6 Å². The van der Waals surface area contributed by atoms with Gasteiger partial charge in [-0.05, 0) is 30.7 Å². The summed E-state index contributed by atoms with van der Waals surface area (Å²) in [7, 11) is 3.60. The molecular weight excluding hydrogens is 405 g/mol. The van der Waals surface area contributed by atoms with Gasteiger partial charge in [0.15, 0.2) is 5.96 Å². The van der Waals surface area contributed by atoms with Gasteiger partial charge < -0.3 is 15.4 Å². The van der Waals surface area contributed by atoms with Crippen molar-refractivity contribution in [2.45, 2.75) is 38.6 Å². The van der Waals surface area contributed by atoms with Crippen LogP contribution in [-0.2, 0) is 11.3 Å². The molecule has 7 heteroatoms. The Balaban J connectivity index is 0.00000264. The van der Waals surface area contributed by atoms with E-state index >= 15 is 0 Å². The Kier molecular flexibility index (Phi) is 9.54. The van der Waals surface area contributed by atoms with Crippen molar-refractivity contribution < 1.29 is 4.74 Å². The fourth-order valence-electron chi connectivity index (χ4n) is 3.17. The van der Waals surface area contributed by atoms with Crippen molar-refractivity contribution in [3.63, 3.8) is 0 Å². The molecule has 0 bridgehead atoms. The zero-order valence-electron chi connectivity index (χ0n) is 14.3. The van der Waals surface area contributed by atoms with Gasteiger partial charge in [-0.2, -0.15) is 5.10 Å². The fourth-order valence-corrected chi connectivity index (χ4v) is 3.17. The fraction of sp³-hybridized carbons (Fsp3) is 0.750. The lowest BCUT2D eigenvalue weighted by Gasteiger charge is -2.29. The second kappa shape index (κ2) is 10.9. The van der Waals surface area contributed by atoms with E-state index in [1.54, 1.807) is 13.3 Å². The molecule has 0 atom stereocenters. The van der Waals surface area contributed by atoms with E-state index in [-0.39, 0.29) is 24.0 Å². The number of nitrogens with one attached hydrogen (secondary N) is 2. The Labute approximate surface area is 156 Å². The first-order valence-electron chi connectivity index (χ1n) is 8.19. The molecule has 2 N–H and O–H groups in total. The van der Waals surface area contributed by atoms with Crippen LogP contribution in [0.25, 0.3) is 0 Å². The topological polar surface area (TPSA) is 63.5 Å². The van der Waals surface area contributed by atoms with E-state index in [9.17, 15) is 0 Å². The number of aromatic nitrogens is 2. The molecule has 132 valence electrons. The van der Waals surface area contributed by atoms with Gasteiger partial charge in [-0.1, -0.05) is 12.8 Å². The minimum absolute atomic E-state index is 0. The summed E-state index contributed by atoms with van der Waals surface area (Å²) < 4.78 is 7.20. The summed E-state index contributed by atoms with van der Waals surface area (Å²) in [5.74, 6) is 0.871. The highest BCUT2D eigenvalue weighted by Crippen LogP contribution is 2.40. The third-order valence-electron chi connectivity index (χ3n) is 4.55. The quantitative estimate of drug-likeness (QED) is 0.374. The van der Waals surface area contributed by atoms with Crippen LogP contribution in [0.2, 0.25) is 0 Å². The third-order valence-corrected chi connectivity index (χ3v) is 4.55. The zero-order chi connectivity index (χ0) is 15.7. The molecule has 1 fully saturated rings. The summed E-state index contributed by atoms with van der Waals surface area (Å²) in [6.07, 6.45) is 10.1. The molecule has 1 aromatic heterocycles. The standard InChI is InChI=1S/C16H29N5O.HI/c1-17-15(18-10-12-21-11-5-9-20-21)19-14-16(8-13-22-2)6-3-4-7-16;/h5,9,11H,3-4,6-8,10,12-14H2,1-2H3,(H2,17,18,19);1H. The number of guanidine groups is 1. The number of methoxy groups -OCH3 is 1. The van der Waals surface area contributed by atoms with Crippen LogP contribution in [0.15, 0.2) is 23.5 Å². The van der Waals surface area contributed by atoms with Crippen LogP contribution in [0.4, 0.5) is 0 Å².